The highest BCUT2D eigenvalue weighted by Gasteiger charge is 2.13. The standard InChI is InChI=1S/C14H19N3S/c1-11-4-2-6-14-16-13(9-17(11)14)8-15-12-5-3-7-18-10-12/h2,4,6,9,12,15H,3,5,7-8,10H2,1H3/t12-/m0/s1. The second-order valence-corrected chi connectivity index (χ2v) is 6.07. The lowest BCUT2D eigenvalue weighted by Gasteiger charge is -2.21. The van der Waals surface area contributed by atoms with Gasteiger partial charge in [-0.15, -0.1) is 0 Å². The van der Waals surface area contributed by atoms with Gasteiger partial charge in [-0.1, -0.05) is 6.07 Å². The Kier molecular flexibility index (Phi) is 3.57. The Morgan fingerprint density at radius 1 is 1.50 bits per heavy atom. The molecule has 3 heterocycles. The van der Waals surface area contributed by atoms with Gasteiger partial charge in [-0.25, -0.2) is 4.98 Å². The molecule has 2 aromatic rings. The van der Waals surface area contributed by atoms with E-state index in [0.29, 0.717) is 6.04 Å². The van der Waals surface area contributed by atoms with E-state index in [1.165, 1.54) is 30.0 Å². The van der Waals surface area contributed by atoms with Gasteiger partial charge in [-0.05, 0) is 37.7 Å². The van der Waals surface area contributed by atoms with Crippen LogP contribution >= 0.6 is 11.8 Å². The van der Waals surface area contributed by atoms with Crippen molar-refractivity contribution in [2.75, 3.05) is 11.5 Å². The molecule has 0 unspecified atom stereocenters. The monoisotopic (exact) mass is 261 g/mol. The Labute approximate surface area is 112 Å². The maximum Gasteiger partial charge on any atom is 0.137 e. The number of nitrogens with zero attached hydrogens (tertiary/aromatic N) is 2. The van der Waals surface area contributed by atoms with Crippen molar-refractivity contribution in [1.82, 2.24) is 14.7 Å². The molecule has 0 bridgehead atoms. The van der Waals surface area contributed by atoms with E-state index in [0.717, 1.165) is 17.9 Å². The Morgan fingerprint density at radius 3 is 3.22 bits per heavy atom. The average Bonchev–Trinajstić information content (AvgIpc) is 2.82. The van der Waals surface area contributed by atoms with Crippen LogP contribution in [-0.4, -0.2) is 26.9 Å². The van der Waals surface area contributed by atoms with E-state index >= 15 is 0 Å². The van der Waals surface area contributed by atoms with Crippen molar-refractivity contribution < 1.29 is 0 Å². The third kappa shape index (κ3) is 2.54. The number of pyridine rings is 1. The molecule has 0 spiro atoms. The summed E-state index contributed by atoms with van der Waals surface area (Å²) < 4.78 is 2.16. The molecule has 0 radical (unpaired) electrons. The molecular weight excluding hydrogens is 242 g/mol. The number of hydrogen-bond donors (Lipinski definition) is 1. The molecule has 1 aliphatic heterocycles. The number of fused-ring (bicyclic) bond motifs is 1. The van der Waals surface area contributed by atoms with Crippen molar-refractivity contribution in [3.8, 4) is 0 Å². The molecule has 0 saturated carbocycles. The molecule has 18 heavy (non-hydrogen) atoms. The zero-order chi connectivity index (χ0) is 12.4. The van der Waals surface area contributed by atoms with Gasteiger partial charge in [0.2, 0.25) is 0 Å². The summed E-state index contributed by atoms with van der Waals surface area (Å²) in [5, 5.41) is 3.62. The third-order valence-electron chi connectivity index (χ3n) is 3.48. The number of aryl methyl sites for hydroxylation is 1. The van der Waals surface area contributed by atoms with Gasteiger partial charge in [-0.3, -0.25) is 0 Å². The van der Waals surface area contributed by atoms with E-state index in [-0.39, 0.29) is 0 Å². The van der Waals surface area contributed by atoms with E-state index in [1.807, 2.05) is 0 Å². The zero-order valence-electron chi connectivity index (χ0n) is 10.7. The minimum atomic E-state index is 0.662. The van der Waals surface area contributed by atoms with Crippen molar-refractivity contribution in [2.45, 2.75) is 32.4 Å². The first-order valence-electron chi connectivity index (χ1n) is 6.57. The summed E-state index contributed by atoms with van der Waals surface area (Å²) in [4.78, 5) is 4.65. The quantitative estimate of drug-likeness (QED) is 0.921. The smallest absolute Gasteiger partial charge is 0.137 e. The van der Waals surface area contributed by atoms with Crippen LogP contribution in [0.2, 0.25) is 0 Å². The van der Waals surface area contributed by atoms with E-state index < -0.39 is 0 Å². The van der Waals surface area contributed by atoms with Crippen LogP contribution in [-0.2, 0) is 6.54 Å². The fraction of sp³-hybridized carbons (Fsp3) is 0.500. The summed E-state index contributed by atoms with van der Waals surface area (Å²) in [6, 6.07) is 6.90. The molecule has 1 N–H and O–H groups in total. The van der Waals surface area contributed by atoms with Gasteiger partial charge in [0, 0.05) is 30.2 Å². The predicted molar refractivity (Wildman–Crippen MR) is 77.1 cm³/mol. The van der Waals surface area contributed by atoms with E-state index in [4.69, 9.17) is 0 Å². The van der Waals surface area contributed by atoms with Gasteiger partial charge in [0.1, 0.15) is 5.65 Å². The molecule has 1 saturated heterocycles. The number of thioether (sulfide) groups is 1. The summed E-state index contributed by atoms with van der Waals surface area (Å²) in [5.74, 6) is 2.57. The van der Waals surface area contributed by atoms with Crippen molar-refractivity contribution in [3.05, 3.63) is 35.8 Å². The summed E-state index contributed by atoms with van der Waals surface area (Å²) in [7, 11) is 0. The first-order valence-corrected chi connectivity index (χ1v) is 7.73. The van der Waals surface area contributed by atoms with E-state index in [1.54, 1.807) is 0 Å². The summed E-state index contributed by atoms with van der Waals surface area (Å²) in [5.41, 5.74) is 3.42. The highest BCUT2D eigenvalue weighted by molar-refractivity contribution is 7.99. The van der Waals surface area contributed by atoms with Gasteiger partial charge >= 0.3 is 0 Å². The lowest BCUT2D eigenvalue weighted by atomic mass is 10.2. The molecule has 1 atom stereocenters. The van der Waals surface area contributed by atoms with Gasteiger partial charge in [0.25, 0.3) is 0 Å². The van der Waals surface area contributed by atoms with Gasteiger partial charge in [0.15, 0.2) is 0 Å². The van der Waals surface area contributed by atoms with Gasteiger partial charge < -0.3 is 9.72 Å². The lowest BCUT2D eigenvalue weighted by Crippen LogP contribution is -2.33. The van der Waals surface area contributed by atoms with E-state index in [9.17, 15) is 0 Å². The maximum atomic E-state index is 4.65. The normalized spacial score (nSPS) is 20.4. The Morgan fingerprint density at radius 2 is 2.44 bits per heavy atom. The highest BCUT2D eigenvalue weighted by atomic mass is 32.2. The van der Waals surface area contributed by atoms with Crippen LogP contribution in [0.15, 0.2) is 24.4 Å². The lowest BCUT2D eigenvalue weighted by molar-refractivity contribution is 0.504. The van der Waals surface area contributed by atoms with Crippen molar-refractivity contribution >= 4 is 17.4 Å². The molecule has 1 fully saturated rings. The second-order valence-electron chi connectivity index (χ2n) is 4.92. The fourth-order valence-corrected chi connectivity index (χ4v) is 3.54. The van der Waals surface area contributed by atoms with Crippen LogP contribution in [0.4, 0.5) is 0 Å². The van der Waals surface area contributed by atoms with Crippen molar-refractivity contribution in [3.63, 3.8) is 0 Å². The van der Waals surface area contributed by atoms with Gasteiger partial charge in [0.05, 0.1) is 5.69 Å². The minimum Gasteiger partial charge on any atom is -0.307 e. The van der Waals surface area contributed by atoms with Crippen molar-refractivity contribution in [2.24, 2.45) is 0 Å². The number of imidazole rings is 1. The SMILES string of the molecule is Cc1cccc2nc(CN[C@H]3CCCSC3)cn12. The van der Waals surface area contributed by atoms with Crippen LogP contribution in [0.3, 0.4) is 0 Å². The minimum absolute atomic E-state index is 0.662. The molecule has 0 aliphatic carbocycles. The number of aromatic nitrogens is 2. The number of nitrogens with one attached hydrogen (secondary N) is 1. The third-order valence-corrected chi connectivity index (χ3v) is 4.69. The first kappa shape index (κ1) is 12.1. The Bertz CT molecular complexity index is 529. The topological polar surface area (TPSA) is 29.3 Å². The summed E-state index contributed by atoms with van der Waals surface area (Å²) in [6.07, 6.45) is 4.79. The molecular formula is C14H19N3S. The predicted octanol–water partition coefficient (Wildman–Crippen LogP) is 2.63. The molecule has 0 amide bonds. The largest absolute Gasteiger partial charge is 0.307 e. The maximum absolute atomic E-state index is 4.65. The molecule has 3 rings (SSSR count). The van der Waals surface area contributed by atoms with Crippen LogP contribution < -0.4 is 5.32 Å². The van der Waals surface area contributed by atoms with Gasteiger partial charge in [-0.2, -0.15) is 11.8 Å². The molecule has 3 nitrogen and oxygen atoms in total. The van der Waals surface area contributed by atoms with Crippen LogP contribution in [0, 0.1) is 6.92 Å². The fourth-order valence-electron chi connectivity index (χ4n) is 2.43. The van der Waals surface area contributed by atoms with Crippen LogP contribution in [0.1, 0.15) is 24.2 Å². The molecule has 4 heteroatoms. The summed E-state index contributed by atoms with van der Waals surface area (Å²) in [6.45, 7) is 3.00. The van der Waals surface area contributed by atoms with Crippen molar-refractivity contribution in [1.29, 1.82) is 0 Å². The first-order chi connectivity index (χ1) is 8.83. The number of hydrogen-bond acceptors (Lipinski definition) is 3. The molecule has 96 valence electrons. The molecule has 2 aromatic heterocycles. The molecule has 1 aliphatic rings. The molecule has 0 aromatic carbocycles. The highest BCUT2D eigenvalue weighted by Crippen LogP contribution is 2.17. The van der Waals surface area contributed by atoms with Crippen LogP contribution in [0.25, 0.3) is 5.65 Å². The second kappa shape index (κ2) is 5.33. The van der Waals surface area contributed by atoms with E-state index in [2.05, 4.69) is 57.8 Å². The summed E-state index contributed by atoms with van der Waals surface area (Å²) >= 11 is 2.06. The van der Waals surface area contributed by atoms with Crippen LogP contribution in [0.5, 0.6) is 0 Å². The average molecular weight is 261 g/mol. The Balaban J connectivity index is 1.69. The Hall–Kier alpha value is -1.00. The number of rotatable bonds is 3. The zero-order valence-corrected chi connectivity index (χ0v) is 11.5.